The van der Waals surface area contributed by atoms with E-state index in [-0.39, 0.29) is 11.2 Å². The molecule has 28 heavy (non-hydrogen) atoms. The molecule has 0 atom stereocenters. The summed E-state index contributed by atoms with van der Waals surface area (Å²) in [6.45, 7) is 4.02. The minimum atomic E-state index is -0.193. The molecule has 1 aliphatic rings. The molecular formula is C21H25FN6. The number of nitrogens with one attached hydrogen (secondary N) is 2. The number of halogens is 1. The van der Waals surface area contributed by atoms with E-state index in [2.05, 4.69) is 25.8 Å². The summed E-state index contributed by atoms with van der Waals surface area (Å²) in [4.78, 5) is 4.69. The molecule has 1 aliphatic carbocycles. The van der Waals surface area contributed by atoms with Crippen molar-refractivity contribution in [2.75, 3.05) is 13.1 Å². The van der Waals surface area contributed by atoms with Crippen molar-refractivity contribution in [3.8, 4) is 0 Å². The van der Waals surface area contributed by atoms with Crippen molar-refractivity contribution in [3.63, 3.8) is 0 Å². The van der Waals surface area contributed by atoms with E-state index in [9.17, 15) is 4.39 Å². The summed E-state index contributed by atoms with van der Waals surface area (Å²) in [6.07, 6.45) is 5.33. The number of rotatable bonds is 6. The second-order valence-electron chi connectivity index (χ2n) is 7.23. The van der Waals surface area contributed by atoms with E-state index < -0.39 is 0 Å². The van der Waals surface area contributed by atoms with Crippen molar-refractivity contribution in [2.45, 2.75) is 38.1 Å². The van der Waals surface area contributed by atoms with Gasteiger partial charge in [0.2, 0.25) is 0 Å². The van der Waals surface area contributed by atoms with Gasteiger partial charge in [-0.05, 0) is 49.6 Å². The number of nitrogens with zero attached hydrogens (tertiary/aromatic N) is 4. The van der Waals surface area contributed by atoms with Gasteiger partial charge in [0.25, 0.3) is 0 Å². The van der Waals surface area contributed by atoms with E-state index in [0.717, 1.165) is 43.4 Å². The highest BCUT2D eigenvalue weighted by Crippen LogP contribution is 2.43. The highest BCUT2D eigenvalue weighted by atomic mass is 19.1. The lowest BCUT2D eigenvalue weighted by molar-refractivity contribution is 0.243. The van der Waals surface area contributed by atoms with Crippen molar-refractivity contribution in [3.05, 3.63) is 65.9 Å². The van der Waals surface area contributed by atoms with E-state index in [1.165, 1.54) is 12.0 Å². The monoisotopic (exact) mass is 380 g/mol. The molecule has 0 amide bonds. The SMILES string of the molecule is CCNC(=NCc1nnc2ccccn12)NCC1(c2ccc(F)cc2)CCC1. The van der Waals surface area contributed by atoms with Crippen LogP contribution in [0.25, 0.3) is 5.65 Å². The fraction of sp³-hybridized carbons (Fsp3) is 0.381. The van der Waals surface area contributed by atoms with Crippen molar-refractivity contribution < 1.29 is 4.39 Å². The fourth-order valence-electron chi connectivity index (χ4n) is 3.72. The molecule has 0 unspecified atom stereocenters. The third kappa shape index (κ3) is 3.69. The highest BCUT2D eigenvalue weighted by Gasteiger charge is 2.38. The summed E-state index contributed by atoms with van der Waals surface area (Å²) < 4.78 is 15.2. The Kier molecular flexibility index (Phi) is 5.23. The van der Waals surface area contributed by atoms with Crippen molar-refractivity contribution in [1.29, 1.82) is 0 Å². The molecule has 3 aromatic rings. The Labute approximate surface area is 163 Å². The van der Waals surface area contributed by atoms with Crippen LogP contribution in [0.5, 0.6) is 0 Å². The van der Waals surface area contributed by atoms with Gasteiger partial charge in [0.15, 0.2) is 17.4 Å². The molecule has 2 N–H and O–H groups in total. The van der Waals surface area contributed by atoms with Gasteiger partial charge in [-0.1, -0.05) is 24.6 Å². The number of aliphatic imine (C=N–C) groups is 1. The number of fused-ring (bicyclic) bond motifs is 1. The lowest BCUT2D eigenvalue weighted by Gasteiger charge is -2.43. The fourth-order valence-corrected chi connectivity index (χ4v) is 3.72. The molecule has 2 aromatic heterocycles. The zero-order valence-electron chi connectivity index (χ0n) is 16.0. The number of aromatic nitrogens is 3. The van der Waals surface area contributed by atoms with Crippen molar-refractivity contribution >= 4 is 11.6 Å². The van der Waals surface area contributed by atoms with Crippen LogP contribution >= 0.6 is 0 Å². The normalized spacial score (nSPS) is 16.0. The minimum Gasteiger partial charge on any atom is -0.357 e. The van der Waals surface area contributed by atoms with Gasteiger partial charge in [0, 0.05) is 24.7 Å². The van der Waals surface area contributed by atoms with Gasteiger partial charge in [0.05, 0.1) is 0 Å². The van der Waals surface area contributed by atoms with E-state index >= 15 is 0 Å². The van der Waals surface area contributed by atoms with Crippen LogP contribution in [0, 0.1) is 5.82 Å². The summed E-state index contributed by atoms with van der Waals surface area (Å²) in [5.74, 6) is 1.36. The van der Waals surface area contributed by atoms with Crippen LogP contribution in [-0.4, -0.2) is 33.6 Å². The predicted molar refractivity (Wildman–Crippen MR) is 108 cm³/mol. The maximum atomic E-state index is 13.3. The van der Waals surface area contributed by atoms with E-state index in [1.807, 2.05) is 47.9 Å². The number of pyridine rings is 1. The Morgan fingerprint density at radius 3 is 2.68 bits per heavy atom. The quantitative estimate of drug-likeness (QED) is 0.510. The molecule has 7 heteroatoms. The third-order valence-electron chi connectivity index (χ3n) is 5.47. The predicted octanol–water partition coefficient (Wildman–Crippen LogP) is 3.05. The van der Waals surface area contributed by atoms with E-state index in [1.54, 1.807) is 12.1 Å². The Hall–Kier alpha value is -2.96. The van der Waals surface area contributed by atoms with Gasteiger partial charge < -0.3 is 10.6 Å². The lowest BCUT2D eigenvalue weighted by atomic mass is 9.64. The van der Waals surface area contributed by atoms with Gasteiger partial charge in [0.1, 0.15) is 12.4 Å². The molecule has 4 rings (SSSR count). The van der Waals surface area contributed by atoms with Crippen LogP contribution in [0.1, 0.15) is 37.6 Å². The molecule has 1 fully saturated rings. The molecule has 146 valence electrons. The Morgan fingerprint density at radius 1 is 1.14 bits per heavy atom. The van der Waals surface area contributed by atoms with E-state index in [4.69, 9.17) is 0 Å². The number of benzene rings is 1. The van der Waals surface area contributed by atoms with Gasteiger partial charge in [-0.25, -0.2) is 9.38 Å². The largest absolute Gasteiger partial charge is 0.357 e. The number of guanidine groups is 1. The lowest BCUT2D eigenvalue weighted by Crippen LogP contribution is -2.48. The zero-order chi connectivity index (χ0) is 19.4. The Bertz CT molecular complexity index is 958. The van der Waals surface area contributed by atoms with Crippen LogP contribution in [0.15, 0.2) is 53.7 Å². The zero-order valence-corrected chi connectivity index (χ0v) is 16.0. The molecule has 2 heterocycles. The highest BCUT2D eigenvalue weighted by molar-refractivity contribution is 5.79. The van der Waals surface area contributed by atoms with Crippen LogP contribution in [0.4, 0.5) is 4.39 Å². The van der Waals surface area contributed by atoms with Crippen LogP contribution in [0.3, 0.4) is 0 Å². The molecule has 0 aliphatic heterocycles. The number of hydrogen-bond acceptors (Lipinski definition) is 3. The minimum absolute atomic E-state index is 0.0471. The first-order valence-electron chi connectivity index (χ1n) is 9.77. The average Bonchev–Trinajstić information content (AvgIpc) is 3.09. The van der Waals surface area contributed by atoms with Crippen LogP contribution in [0.2, 0.25) is 0 Å². The van der Waals surface area contributed by atoms with Gasteiger partial charge in [-0.15, -0.1) is 10.2 Å². The summed E-state index contributed by atoms with van der Waals surface area (Å²) >= 11 is 0. The molecule has 1 aromatic carbocycles. The first-order valence-corrected chi connectivity index (χ1v) is 9.77. The molecule has 1 saturated carbocycles. The second-order valence-corrected chi connectivity index (χ2v) is 7.23. The van der Waals surface area contributed by atoms with Crippen LogP contribution in [-0.2, 0) is 12.0 Å². The first kappa shape index (κ1) is 18.4. The Balaban J connectivity index is 1.47. The molecule has 0 radical (unpaired) electrons. The maximum Gasteiger partial charge on any atom is 0.191 e. The summed E-state index contributed by atoms with van der Waals surface area (Å²) in [5.41, 5.74) is 2.05. The standard InChI is InChI=1S/C21H25FN6/c1-2-23-20(24-14-19-27-26-18-6-3-4-13-28(18)19)25-15-21(11-5-12-21)16-7-9-17(22)10-8-16/h3-4,6-10,13H,2,5,11-12,14-15H2,1H3,(H2,23,24,25). The van der Waals surface area contributed by atoms with E-state index in [0.29, 0.717) is 6.54 Å². The molecule has 0 bridgehead atoms. The summed E-state index contributed by atoms with van der Waals surface area (Å²) in [5, 5.41) is 15.2. The third-order valence-corrected chi connectivity index (χ3v) is 5.47. The second kappa shape index (κ2) is 7.96. The topological polar surface area (TPSA) is 66.6 Å². The van der Waals surface area contributed by atoms with Crippen molar-refractivity contribution in [1.82, 2.24) is 25.2 Å². The first-order chi connectivity index (χ1) is 13.7. The van der Waals surface area contributed by atoms with Gasteiger partial charge in [-0.2, -0.15) is 0 Å². The summed E-state index contributed by atoms with van der Waals surface area (Å²) in [6, 6.07) is 12.7. The van der Waals surface area contributed by atoms with Crippen molar-refractivity contribution in [2.24, 2.45) is 4.99 Å². The average molecular weight is 380 g/mol. The summed E-state index contributed by atoms with van der Waals surface area (Å²) in [7, 11) is 0. The van der Waals surface area contributed by atoms with Gasteiger partial charge >= 0.3 is 0 Å². The smallest absolute Gasteiger partial charge is 0.191 e. The van der Waals surface area contributed by atoms with Crippen LogP contribution < -0.4 is 10.6 Å². The molecular weight excluding hydrogens is 355 g/mol. The molecule has 0 spiro atoms. The Morgan fingerprint density at radius 2 is 1.96 bits per heavy atom. The van der Waals surface area contributed by atoms with Gasteiger partial charge in [-0.3, -0.25) is 4.40 Å². The molecule has 6 nitrogen and oxygen atoms in total. The molecule has 0 saturated heterocycles. The number of hydrogen-bond donors (Lipinski definition) is 2. The maximum absolute atomic E-state index is 13.3.